The van der Waals surface area contributed by atoms with Gasteiger partial charge in [0.2, 0.25) is 5.91 Å². The standard InChI is InChI=1S/C17H23NO2S/c19-11-13-6-8-18(9-7-13)17(20)12-21-16-5-4-14-2-1-3-15(14)10-16/h4-5,10,13,19H,1-3,6-9,11-12H2. The minimum absolute atomic E-state index is 0.233. The van der Waals surface area contributed by atoms with E-state index in [-0.39, 0.29) is 12.5 Å². The van der Waals surface area contributed by atoms with E-state index in [1.54, 1.807) is 11.8 Å². The maximum absolute atomic E-state index is 12.2. The van der Waals surface area contributed by atoms with Crippen LogP contribution < -0.4 is 0 Å². The number of aryl methyl sites for hydroxylation is 2. The van der Waals surface area contributed by atoms with Crippen LogP contribution in [0.25, 0.3) is 0 Å². The number of likely N-dealkylation sites (tertiary alicyclic amines) is 1. The maximum Gasteiger partial charge on any atom is 0.232 e. The third kappa shape index (κ3) is 3.61. The minimum Gasteiger partial charge on any atom is -0.396 e. The number of aliphatic hydroxyl groups is 1. The molecule has 2 aliphatic rings. The van der Waals surface area contributed by atoms with Gasteiger partial charge in [0.1, 0.15) is 0 Å². The molecule has 114 valence electrons. The molecule has 1 aliphatic heterocycles. The quantitative estimate of drug-likeness (QED) is 0.869. The van der Waals surface area contributed by atoms with Crippen molar-refractivity contribution in [2.45, 2.75) is 37.0 Å². The first-order chi connectivity index (χ1) is 10.3. The third-order valence-corrected chi connectivity index (χ3v) is 5.64. The molecule has 1 heterocycles. The van der Waals surface area contributed by atoms with Crippen LogP contribution in [-0.4, -0.2) is 41.4 Å². The molecule has 3 nitrogen and oxygen atoms in total. The van der Waals surface area contributed by atoms with Gasteiger partial charge in [0.05, 0.1) is 5.75 Å². The van der Waals surface area contributed by atoms with E-state index < -0.39 is 0 Å². The summed E-state index contributed by atoms with van der Waals surface area (Å²) in [5.74, 6) is 1.15. The van der Waals surface area contributed by atoms with Crippen LogP contribution >= 0.6 is 11.8 Å². The zero-order chi connectivity index (χ0) is 14.7. The Kier molecular flexibility index (Phi) is 4.86. The third-order valence-electron chi connectivity index (χ3n) is 4.66. The fourth-order valence-corrected chi connectivity index (χ4v) is 4.10. The molecule has 0 atom stereocenters. The van der Waals surface area contributed by atoms with Crippen LogP contribution in [0.4, 0.5) is 0 Å². The van der Waals surface area contributed by atoms with E-state index in [0.717, 1.165) is 25.9 Å². The van der Waals surface area contributed by atoms with Crippen molar-refractivity contribution in [1.29, 1.82) is 0 Å². The summed E-state index contributed by atoms with van der Waals surface area (Å²) in [6.45, 7) is 1.86. The molecule has 0 spiro atoms. The highest BCUT2D eigenvalue weighted by Crippen LogP contribution is 2.28. The molecule has 1 aliphatic carbocycles. The van der Waals surface area contributed by atoms with Crippen LogP contribution in [0, 0.1) is 5.92 Å². The largest absolute Gasteiger partial charge is 0.396 e. The number of rotatable bonds is 4. The van der Waals surface area contributed by atoms with Gasteiger partial charge in [-0.3, -0.25) is 4.79 Å². The molecule has 1 N–H and O–H groups in total. The van der Waals surface area contributed by atoms with Gasteiger partial charge < -0.3 is 10.0 Å². The van der Waals surface area contributed by atoms with Gasteiger partial charge in [0, 0.05) is 24.6 Å². The Balaban J connectivity index is 1.50. The van der Waals surface area contributed by atoms with E-state index in [2.05, 4.69) is 18.2 Å². The topological polar surface area (TPSA) is 40.5 Å². The Morgan fingerprint density at radius 2 is 2.00 bits per heavy atom. The van der Waals surface area contributed by atoms with Gasteiger partial charge in [-0.1, -0.05) is 6.07 Å². The first kappa shape index (κ1) is 14.9. The normalized spacial score (nSPS) is 18.8. The fraction of sp³-hybridized carbons (Fsp3) is 0.588. The molecule has 1 aromatic carbocycles. The summed E-state index contributed by atoms with van der Waals surface area (Å²) in [5.41, 5.74) is 2.95. The predicted molar refractivity (Wildman–Crippen MR) is 85.6 cm³/mol. The van der Waals surface area contributed by atoms with Crippen molar-refractivity contribution in [2.75, 3.05) is 25.4 Å². The summed E-state index contributed by atoms with van der Waals surface area (Å²) >= 11 is 1.65. The zero-order valence-electron chi connectivity index (χ0n) is 12.4. The van der Waals surface area contributed by atoms with E-state index in [4.69, 9.17) is 5.11 Å². The number of thioether (sulfide) groups is 1. The molecule has 1 saturated heterocycles. The highest BCUT2D eigenvalue weighted by molar-refractivity contribution is 8.00. The molecule has 1 fully saturated rings. The highest BCUT2D eigenvalue weighted by Gasteiger charge is 2.22. The summed E-state index contributed by atoms with van der Waals surface area (Å²) in [7, 11) is 0. The highest BCUT2D eigenvalue weighted by atomic mass is 32.2. The molecule has 3 rings (SSSR count). The second-order valence-corrected chi connectivity index (χ2v) is 7.13. The average Bonchev–Trinajstić information content (AvgIpc) is 3.00. The van der Waals surface area contributed by atoms with Gasteiger partial charge in [-0.25, -0.2) is 0 Å². The van der Waals surface area contributed by atoms with Gasteiger partial charge >= 0.3 is 0 Å². The number of benzene rings is 1. The van der Waals surface area contributed by atoms with Gasteiger partial charge in [0.15, 0.2) is 0 Å². The van der Waals surface area contributed by atoms with Gasteiger partial charge in [-0.2, -0.15) is 0 Å². The van der Waals surface area contributed by atoms with Crippen LogP contribution in [0.1, 0.15) is 30.4 Å². The molecule has 21 heavy (non-hydrogen) atoms. The van der Waals surface area contributed by atoms with Crippen LogP contribution in [0.3, 0.4) is 0 Å². The van der Waals surface area contributed by atoms with Crippen LogP contribution in [0.5, 0.6) is 0 Å². The first-order valence-corrected chi connectivity index (χ1v) is 8.88. The number of nitrogens with zero attached hydrogens (tertiary/aromatic N) is 1. The predicted octanol–water partition coefficient (Wildman–Crippen LogP) is 2.50. The van der Waals surface area contributed by atoms with Gasteiger partial charge in [-0.05, 0) is 61.3 Å². The molecule has 1 amide bonds. The summed E-state index contributed by atoms with van der Waals surface area (Å²) in [6.07, 6.45) is 5.53. The van der Waals surface area contributed by atoms with Crippen molar-refractivity contribution in [3.63, 3.8) is 0 Å². The maximum atomic E-state index is 12.2. The van der Waals surface area contributed by atoms with E-state index in [9.17, 15) is 4.79 Å². The van der Waals surface area contributed by atoms with Crippen LogP contribution in [0.2, 0.25) is 0 Å². The molecule has 1 aromatic rings. The Bertz CT molecular complexity index is 510. The monoisotopic (exact) mass is 305 g/mol. The Labute approximate surface area is 130 Å². The molecular weight excluding hydrogens is 282 g/mol. The number of hydrogen-bond acceptors (Lipinski definition) is 3. The summed E-state index contributed by atoms with van der Waals surface area (Å²) in [4.78, 5) is 15.4. The van der Waals surface area contributed by atoms with Crippen molar-refractivity contribution < 1.29 is 9.90 Å². The second-order valence-electron chi connectivity index (χ2n) is 6.08. The molecule has 0 saturated carbocycles. The Morgan fingerprint density at radius 1 is 1.24 bits per heavy atom. The lowest BCUT2D eigenvalue weighted by molar-refractivity contribution is -0.129. The number of piperidine rings is 1. The van der Waals surface area contributed by atoms with Gasteiger partial charge in [-0.15, -0.1) is 11.8 Å². The van der Waals surface area contributed by atoms with Gasteiger partial charge in [0.25, 0.3) is 0 Å². The molecular formula is C17H23NO2S. The average molecular weight is 305 g/mol. The van der Waals surface area contributed by atoms with Crippen LogP contribution in [-0.2, 0) is 17.6 Å². The SMILES string of the molecule is O=C(CSc1ccc2c(c1)CCC2)N1CCC(CO)CC1. The van der Waals surface area contributed by atoms with E-state index in [0.29, 0.717) is 11.7 Å². The number of hydrogen-bond donors (Lipinski definition) is 1. The lowest BCUT2D eigenvalue weighted by Gasteiger charge is -2.31. The fourth-order valence-electron chi connectivity index (χ4n) is 3.24. The Hall–Kier alpha value is -1.00. The Morgan fingerprint density at radius 3 is 2.76 bits per heavy atom. The lowest BCUT2D eigenvalue weighted by atomic mass is 9.98. The lowest BCUT2D eigenvalue weighted by Crippen LogP contribution is -2.40. The first-order valence-electron chi connectivity index (χ1n) is 7.89. The summed E-state index contributed by atoms with van der Waals surface area (Å²) in [6, 6.07) is 6.64. The van der Waals surface area contributed by atoms with Crippen molar-refractivity contribution in [3.05, 3.63) is 29.3 Å². The van der Waals surface area contributed by atoms with E-state index in [1.807, 2.05) is 4.90 Å². The minimum atomic E-state index is 0.233. The smallest absolute Gasteiger partial charge is 0.232 e. The van der Waals surface area contributed by atoms with Crippen molar-refractivity contribution in [3.8, 4) is 0 Å². The van der Waals surface area contributed by atoms with Crippen molar-refractivity contribution in [2.24, 2.45) is 5.92 Å². The van der Waals surface area contributed by atoms with Crippen molar-refractivity contribution in [1.82, 2.24) is 4.90 Å². The molecule has 0 unspecified atom stereocenters. The summed E-state index contributed by atoms with van der Waals surface area (Å²) in [5, 5.41) is 9.14. The number of carbonyl (C=O) groups excluding carboxylic acids is 1. The van der Waals surface area contributed by atoms with E-state index in [1.165, 1.54) is 35.3 Å². The number of fused-ring (bicyclic) bond motifs is 1. The van der Waals surface area contributed by atoms with Crippen LogP contribution in [0.15, 0.2) is 23.1 Å². The molecule has 0 bridgehead atoms. The molecule has 0 aromatic heterocycles. The molecule has 4 heteroatoms. The zero-order valence-corrected chi connectivity index (χ0v) is 13.2. The second kappa shape index (κ2) is 6.84. The molecule has 0 radical (unpaired) electrons. The number of aliphatic hydroxyl groups excluding tert-OH is 1. The van der Waals surface area contributed by atoms with Crippen molar-refractivity contribution >= 4 is 17.7 Å². The van der Waals surface area contributed by atoms with E-state index >= 15 is 0 Å². The number of carbonyl (C=O) groups is 1. The summed E-state index contributed by atoms with van der Waals surface area (Å²) < 4.78 is 0. The number of amides is 1.